The summed E-state index contributed by atoms with van der Waals surface area (Å²) in [5.41, 5.74) is 0. The molecule has 5 atom stereocenters. The summed E-state index contributed by atoms with van der Waals surface area (Å²) in [5.74, 6) is 0.131. The van der Waals surface area contributed by atoms with Crippen molar-refractivity contribution in [3.05, 3.63) is 0 Å². The number of aliphatic hydroxyl groups excluding tert-OH is 2. The fraction of sp³-hybridized carbons (Fsp3) is 1.00. The Balaban J connectivity index is 2.11. The van der Waals surface area contributed by atoms with Gasteiger partial charge in [0.15, 0.2) is 6.29 Å². The minimum absolute atomic E-state index is 0.131. The van der Waals surface area contributed by atoms with Crippen LogP contribution in [-0.2, 0) is 14.2 Å². The lowest BCUT2D eigenvalue weighted by Crippen LogP contribution is -2.59. The molecule has 0 aliphatic carbocycles. The highest BCUT2D eigenvalue weighted by molar-refractivity contribution is 6.18. The molecule has 25 heavy (non-hydrogen) atoms. The first kappa shape index (κ1) is 23.1. The quantitative estimate of drug-likeness (QED) is 0.356. The van der Waals surface area contributed by atoms with Crippen molar-refractivity contribution in [1.29, 1.82) is 0 Å². The molecule has 0 unspecified atom stereocenters. The lowest BCUT2D eigenvalue weighted by Gasteiger charge is -2.41. The standard InChI is InChI=1S/C19H37ClO5/c1-3-4-5-6-7-8-9-10-11-12-13-24-18-16(21)15(14-20)25-19(23-2)17(18)22/h15-19,21-22H,3-14H2,1-2H3/t15-,16-,17-,18+,19-/m1/s1. The van der Waals surface area contributed by atoms with E-state index in [9.17, 15) is 10.2 Å². The molecule has 1 rings (SSSR count). The Labute approximate surface area is 158 Å². The molecule has 0 bridgehead atoms. The van der Waals surface area contributed by atoms with E-state index in [2.05, 4.69) is 6.92 Å². The Bertz CT molecular complexity index is 302. The lowest BCUT2D eigenvalue weighted by molar-refractivity contribution is -0.293. The molecule has 5 nitrogen and oxygen atoms in total. The van der Waals surface area contributed by atoms with Crippen LogP contribution in [0.15, 0.2) is 0 Å². The molecule has 0 saturated carbocycles. The zero-order valence-electron chi connectivity index (χ0n) is 15.9. The van der Waals surface area contributed by atoms with Crippen LogP contribution in [0.25, 0.3) is 0 Å². The van der Waals surface area contributed by atoms with Crippen LogP contribution in [0.1, 0.15) is 71.1 Å². The Hall–Kier alpha value is 0.0900. The molecule has 0 aromatic rings. The number of alkyl halides is 1. The molecular formula is C19H37ClO5. The van der Waals surface area contributed by atoms with Crippen molar-refractivity contribution in [3.63, 3.8) is 0 Å². The first-order valence-corrected chi connectivity index (χ1v) is 10.4. The van der Waals surface area contributed by atoms with E-state index in [4.69, 9.17) is 25.8 Å². The first-order chi connectivity index (χ1) is 12.2. The van der Waals surface area contributed by atoms with Crippen molar-refractivity contribution in [2.45, 2.75) is 102 Å². The van der Waals surface area contributed by atoms with Gasteiger partial charge in [-0.25, -0.2) is 0 Å². The molecule has 0 aromatic heterocycles. The predicted octanol–water partition coefficient (Wildman–Crippen LogP) is 3.62. The van der Waals surface area contributed by atoms with Gasteiger partial charge in [0, 0.05) is 13.7 Å². The number of methoxy groups -OCH3 is 1. The van der Waals surface area contributed by atoms with Crippen LogP contribution >= 0.6 is 11.6 Å². The average molecular weight is 381 g/mol. The summed E-state index contributed by atoms with van der Waals surface area (Å²) >= 11 is 5.80. The van der Waals surface area contributed by atoms with E-state index in [1.54, 1.807) is 0 Å². The van der Waals surface area contributed by atoms with Gasteiger partial charge in [-0.2, -0.15) is 0 Å². The topological polar surface area (TPSA) is 68.2 Å². The number of hydrogen-bond donors (Lipinski definition) is 2. The van der Waals surface area contributed by atoms with Gasteiger partial charge in [0.1, 0.15) is 24.4 Å². The number of hydrogen-bond acceptors (Lipinski definition) is 5. The van der Waals surface area contributed by atoms with Crippen LogP contribution in [0.3, 0.4) is 0 Å². The Morgan fingerprint density at radius 1 is 0.880 bits per heavy atom. The maximum absolute atomic E-state index is 10.2. The molecule has 0 radical (unpaired) electrons. The Morgan fingerprint density at radius 2 is 1.44 bits per heavy atom. The Kier molecular flexibility index (Phi) is 13.1. The van der Waals surface area contributed by atoms with E-state index < -0.39 is 30.7 Å². The van der Waals surface area contributed by atoms with E-state index in [0.29, 0.717) is 6.61 Å². The maximum atomic E-state index is 10.2. The summed E-state index contributed by atoms with van der Waals surface area (Å²) in [7, 11) is 1.45. The van der Waals surface area contributed by atoms with Crippen LogP contribution in [0.2, 0.25) is 0 Å². The molecule has 0 aromatic carbocycles. The van der Waals surface area contributed by atoms with Crippen LogP contribution in [0.4, 0.5) is 0 Å². The van der Waals surface area contributed by atoms with E-state index in [-0.39, 0.29) is 5.88 Å². The molecule has 1 aliphatic heterocycles. The van der Waals surface area contributed by atoms with Crippen molar-refractivity contribution in [1.82, 2.24) is 0 Å². The molecule has 2 N–H and O–H groups in total. The average Bonchev–Trinajstić information content (AvgIpc) is 2.62. The predicted molar refractivity (Wildman–Crippen MR) is 100.0 cm³/mol. The van der Waals surface area contributed by atoms with Crippen LogP contribution < -0.4 is 0 Å². The van der Waals surface area contributed by atoms with Crippen LogP contribution in [-0.4, -0.2) is 60.5 Å². The monoisotopic (exact) mass is 380 g/mol. The van der Waals surface area contributed by atoms with E-state index >= 15 is 0 Å². The summed E-state index contributed by atoms with van der Waals surface area (Å²) in [5, 5.41) is 20.4. The molecule has 0 amide bonds. The highest BCUT2D eigenvalue weighted by atomic mass is 35.5. The van der Waals surface area contributed by atoms with Gasteiger partial charge in [-0.1, -0.05) is 64.7 Å². The van der Waals surface area contributed by atoms with E-state index in [0.717, 1.165) is 12.8 Å². The van der Waals surface area contributed by atoms with Gasteiger partial charge in [-0.05, 0) is 6.42 Å². The minimum atomic E-state index is -1.01. The molecule has 0 spiro atoms. The van der Waals surface area contributed by atoms with Gasteiger partial charge < -0.3 is 24.4 Å². The Morgan fingerprint density at radius 3 is 1.96 bits per heavy atom. The summed E-state index contributed by atoms with van der Waals surface area (Å²) in [6, 6.07) is 0. The lowest BCUT2D eigenvalue weighted by atomic mass is 9.99. The minimum Gasteiger partial charge on any atom is -0.388 e. The van der Waals surface area contributed by atoms with E-state index in [1.165, 1.54) is 58.5 Å². The van der Waals surface area contributed by atoms with Crippen LogP contribution in [0, 0.1) is 0 Å². The van der Waals surface area contributed by atoms with Crippen molar-refractivity contribution in [3.8, 4) is 0 Å². The van der Waals surface area contributed by atoms with Gasteiger partial charge in [0.2, 0.25) is 0 Å². The van der Waals surface area contributed by atoms with E-state index in [1.807, 2.05) is 0 Å². The maximum Gasteiger partial charge on any atom is 0.186 e. The van der Waals surface area contributed by atoms with Gasteiger partial charge in [-0.3, -0.25) is 0 Å². The molecule has 1 saturated heterocycles. The summed E-state index contributed by atoms with van der Waals surface area (Å²) in [6.07, 6.45) is 8.48. The van der Waals surface area contributed by atoms with Gasteiger partial charge in [0.05, 0.1) is 5.88 Å². The largest absolute Gasteiger partial charge is 0.388 e. The number of aliphatic hydroxyl groups is 2. The zero-order valence-corrected chi connectivity index (χ0v) is 16.6. The highest BCUT2D eigenvalue weighted by Gasteiger charge is 2.45. The number of halogens is 1. The summed E-state index contributed by atoms with van der Waals surface area (Å²) < 4.78 is 16.2. The SMILES string of the molecule is CCCCCCCCCCCCO[C@@H]1[C@@H](O)[C@H](OC)O[C@H](CCl)[C@H]1O. The second kappa shape index (κ2) is 14.2. The van der Waals surface area contributed by atoms with Crippen LogP contribution in [0.5, 0.6) is 0 Å². The third-order valence-electron chi connectivity index (χ3n) is 4.83. The smallest absolute Gasteiger partial charge is 0.186 e. The van der Waals surface area contributed by atoms with Gasteiger partial charge in [0.25, 0.3) is 0 Å². The molecule has 1 fully saturated rings. The molecule has 1 aliphatic rings. The number of ether oxygens (including phenoxy) is 3. The first-order valence-electron chi connectivity index (χ1n) is 9.87. The summed E-state index contributed by atoms with van der Waals surface area (Å²) in [4.78, 5) is 0. The van der Waals surface area contributed by atoms with Crippen molar-refractivity contribution in [2.24, 2.45) is 0 Å². The number of rotatable bonds is 14. The fourth-order valence-electron chi connectivity index (χ4n) is 3.23. The third kappa shape index (κ3) is 8.55. The zero-order chi connectivity index (χ0) is 18.5. The van der Waals surface area contributed by atoms with Gasteiger partial charge in [-0.15, -0.1) is 11.6 Å². The second-order valence-electron chi connectivity index (χ2n) is 6.93. The van der Waals surface area contributed by atoms with Crippen molar-refractivity contribution >= 4 is 11.6 Å². The normalized spacial score (nSPS) is 29.9. The molecule has 1 heterocycles. The highest BCUT2D eigenvalue weighted by Crippen LogP contribution is 2.25. The summed E-state index contributed by atoms with van der Waals surface area (Å²) in [6.45, 7) is 2.76. The number of unbranched alkanes of at least 4 members (excludes halogenated alkanes) is 9. The second-order valence-corrected chi connectivity index (χ2v) is 7.24. The molecule has 150 valence electrons. The van der Waals surface area contributed by atoms with Crippen molar-refractivity contribution < 1.29 is 24.4 Å². The molecular weight excluding hydrogens is 344 g/mol. The van der Waals surface area contributed by atoms with Crippen molar-refractivity contribution in [2.75, 3.05) is 19.6 Å². The van der Waals surface area contributed by atoms with Gasteiger partial charge >= 0.3 is 0 Å². The fourth-order valence-corrected chi connectivity index (χ4v) is 3.49. The molecule has 6 heteroatoms. The third-order valence-corrected chi connectivity index (χ3v) is 5.14.